The Hall–Kier alpha value is -1.97. The summed E-state index contributed by atoms with van der Waals surface area (Å²) in [6.07, 6.45) is 7.09. The monoisotopic (exact) mass is 275 g/mol. The second-order valence-electron chi connectivity index (χ2n) is 5.14. The SMILES string of the molecule is O=C(O)CCCCCCCn1cc2ccccc2c1O. The first-order chi connectivity index (χ1) is 9.68. The minimum atomic E-state index is -0.714. The molecule has 0 radical (unpaired) electrons. The van der Waals surface area contributed by atoms with Gasteiger partial charge >= 0.3 is 5.97 Å². The molecule has 0 spiro atoms. The van der Waals surface area contributed by atoms with E-state index in [-0.39, 0.29) is 6.42 Å². The fraction of sp³-hybridized carbons (Fsp3) is 0.438. The molecule has 0 amide bonds. The van der Waals surface area contributed by atoms with Gasteiger partial charge < -0.3 is 14.8 Å². The van der Waals surface area contributed by atoms with E-state index in [1.165, 1.54) is 0 Å². The van der Waals surface area contributed by atoms with Crippen LogP contribution in [0.1, 0.15) is 38.5 Å². The van der Waals surface area contributed by atoms with Gasteiger partial charge in [-0.1, -0.05) is 37.5 Å². The number of aromatic nitrogens is 1. The average molecular weight is 275 g/mol. The van der Waals surface area contributed by atoms with E-state index in [1.807, 2.05) is 35.0 Å². The molecule has 2 N–H and O–H groups in total. The summed E-state index contributed by atoms with van der Waals surface area (Å²) in [5.41, 5.74) is 0. The lowest BCUT2D eigenvalue weighted by atomic mass is 10.1. The van der Waals surface area contributed by atoms with Crippen molar-refractivity contribution >= 4 is 16.7 Å². The molecule has 1 aromatic heterocycles. The number of nitrogens with zero attached hydrogens (tertiary/aromatic N) is 1. The summed E-state index contributed by atoms with van der Waals surface area (Å²) in [7, 11) is 0. The summed E-state index contributed by atoms with van der Waals surface area (Å²) in [5.74, 6) is -0.375. The van der Waals surface area contributed by atoms with Crippen LogP contribution in [0.25, 0.3) is 10.8 Å². The highest BCUT2D eigenvalue weighted by molar-refractivity contribution is 5.87. The van der Waals surface area contributed by atoms with Crippen molar-refractivity contribution in [2.45, 2.75) is 45.1 Å². The number of aromatic hydroxyl groups is 1. The zero-order valence-corrected chi connectivity index (χ0v) is 11.6. The fourth-order valence-electron chi connectivity index (χ4n) is 2.46. The van der Waals surface area contributed by atoms with E-state index in [0.29, 0.717) is 5.88 Å². The smallest absolute Gasteiger partial charge is 0.303 e. The van der Waals surface area contributed by atoms with Gasteiger partial charge in [0.15, 0.2) is 5.88 Å². The Morgan fingerprint density at radius 2 is 1.75 bits per heavy atom. The van der Waals surface area contributed by atoms with Gasteiger partial charge in [-0.05, 0) is 18.9 Å². The number of carboxylic acid groups (broad SMARTS) is 1. The van der Waals surface area contributed by atoms with Gasteiger partial charge in [0, 0.05) is 29.9 Å². The highest BCUT2D eigenvalue weighted by Crippen LogP contribution is 2.27. The Balaban J connectivity index is 1.73. The Labute approximate surface area is 118 Å². The van der Waals surface area contributed by atoms with Crippen LogP contribution in [0.4, 0.5) is 0 Å². The van der Waals surface area contributed by atoms with Crippen LogP contribution in [0.15, 0.2) is 30.5 Å². The molecule has 1 heterocycles. The highest BCUT2D eigenvalue weighted by Gasteiger charge is 2.06. The summed E-state index contributed by atoms with van der Waals surface area (Å²) in [5, 5.41) is 20.6. The van der Waals surface area contributed by atoms with Crippen molar-refractivity contribution in [3.63, 3.8) is 0 Å². The predicted octanol–water partition coefficient (Wildman–Crippen LogP) is 3.77. The molecule has 4 nitrogen and oxygen atoms in total. The molecule has 0 unspecified atom stereocenters. The minimum Gasteiger partial charge on any atom is -0.494 e. The van der Waals surface area contributed by atoms with E-state index < -0.39 is 5.97 Å². The molecular formula is C16H21NO3. The molecule has 0 atom stereocenters. The van der Waals surface area contributed by atoms with E-state index in [0.717, 1.165) is 49.4 Å². The summed E-state index contributed by atoms with van der Waals surface area (Å²) in [6.45, 7) is 0.805. The first kappa shape index (κ1) is 14.4. The molecule has 20 heavy (non-hydrogen) atoms. The summed E-state index contributed by atoms with van der Waals surface area (Å²) >= 11 is 0. The second-order valence-corrected chi connectivity index (χ2v) is 5.14. The lowest BCUT2D eigenvalue weighted by Crippen LogP contribution is -1.96. The molecule has 108 valence electrons. The van der Waals surface area contributed by atoms with Gasteiger partial charge in [-0.15, -0.1) is 0 Å². The quantitative estimate of drug-likeness (QED) is 0.721. The third kappa shape index (κ3) is 3.76. The van der Waals surface area contributed by atoms with Crippen molar-refractivity contribution in [1.82, 2.24) is 4.57 Å². The number of rotatable bonds is 8. The van der Waals surface area contributed by atoms with Crippen molar-refractivity contribution < 1.29 is 15.0 Å². The summed E-state index contributed by atoms with van der Waals surface area (Å²) in [4.78, 5) is 10.4. The van der Waals surface area contributed by atoms with Crippen LogP contribution in [0.3, 0.4) is 0 Å². The van der Waals surface area contributed by atoms with E-state index in [4.69, 9.17) is 5.11 Å². The normalized spacial score (nSPS) is 11.0. The van der Waals surface area contributed by atoms with Gasteiger partial charge in [0.1, 0.15) is 0 Å². The third-order valence-electron chi connectivity index (χ3n) is 3.56. The molecule has 0 saturated heterocycles. The topological polar surface area (TPSA) is 62.5 Å². The van der Waals surface area contributed by atoms with Crippen molar-refractivity contribution in [3.05, 3.63) is 30.5 Å². The number of unbranched alkanes of at least 4 members (excludes halogenated alkanes) is 4. The number of fused-ring (bicyclic) bond motifs is 1. The number of hydrogen-bond acceptors (Lipinski definition) is 2. The number of aliphatic carboxylic acids is 1. The Kier molecular flexibility index (Phi) is 5.04. The van der Waals surface area contributed by atoms with Crippen molar-refractivity contribution in [2.24, 2.45) is 0 Å². The first-order valence-corrected chi connectivity index (χ1v) is 7.17. The molecule has 0 aliphatic rings. The second kappa shape index (κ2) is 6.98. The van der Waals surface area contributed by atoms with E-state index >= 15 is 0 Å². The van der Waals surface area contributed by atoms with Crippen LogP contribution in [-0.4, -0.2) is 20.7 Å². The van der Waals surface area contributed by atoms with Gasteiger partial charge in [-0.3, -0.25) is 4.79 Å². The maximum absolute atomic E-state index is 10.4. The molecular weight excluding hydrogens is 254 g/mol. The number of benzene rings is 1. The van der Waals surface area contributed by atoms with Gasteiger partial charge in [0.2, 0.25) is 0 Å². The largest absolute Gasteiger partial charge is 0.494 e. The molecule has 0 saturated carbocycles. The Morgan fingerprint density at radius 1 is 1.05 bits per heavy atom. The highest BCUT2D eigenvalue weighted by atomic mass is 16.4. The summed E-state index contributed by atoms with van der Waals surface area (Å²) in [6, 6.07) is 7.81. The van der Waals surface area contributed by atoms with Gasteiger partial charge in [-0.25, -0.2) is 0 Å². The van der Waals surface area contributed by atoms with Crippen LogP contribution in [-0.2, 0) is 11.3 Å². The van der Waals surface area contributed by atoms with Gasteiger partial charge in [0.05, 0.1) is 0 Å². The van der Waals surface area contributed by atoms with E-state index in [2.05, 4.69) is 0 Å². The zero-order chi connectivity index (χ0) is 14.4. The molecule has 0 bridgehead atoms. The lowest BCUT2D eigenvalue weighted by molar-refractivity contribution is -0.137. The predicted molar refractivity (Wildman–Crippen MR) is 78.9 cm³/mol. The molecule has 0 aliphatic heterocycles. The average Bonchev–Trinajstić information content (AvgIpc) is 2.75. The standard InChI is InChI=1S/C16H21NO3/c18-15(19)10-4-2-1-3-7-11-17-12-13-8-5-6-9-14(13)16(17)20/h5-6,8-9,12,20H,1-4,7,10-11H2,(H,18,19). The molecule has 2 aromatic rings. The maximum atomic E-state index is 10.4. The molecule has 0 aliphatic carbocycles. The third-order valence-corrected chi connectivity index (χ3v) is 3.56. The van der Waals surface area contributed by atoms with Crippen LogP contribution in [0.2, 0.25) is 0 Å². The molecule has 0 fully saturated rings. The van der Waals surface area contributed by atoms with Gasteiger partial charge in [0.25, 0.3) is 0 Å². The van der Waals surface area contributed by atoms with Crippen molar-refractivity contribution in [1.29, 1.82) is 0 Å². The van der Waals surface area contributed by atoms with Crippen LogP contribution in [0, 0.1) is 0 Å². The van der Waals surface area contributed by atoms with Crippen molar-refractivity contribution in [3.8, 4) is 5.88 Å². The van der Waals surface area contributed by atoms with Crippen LogP contribution in [0.5, 0.6) is 5.88 Å². The summed E-state index contributed by atoms with van der Waals surface area (Å²) < 4.78 is 1.89. The number of carboxylic acids is 1. The Morgan fingerprint density at radius 3 is 2.50 bits per heavy atom. The van der Waals surface area contributed by atoms with Crippen LogP contribution >= 0.6 is 0 Å². The molecule has 2 rings (SSSR count). The number of carbonyl (C=O) groups is 1. The zero-order valence-electron chi connectivity index (χ0n) is 11.6. The first-order valence-electron chi connectivity index (χ1n) is 7.17. The van der Waals surface area contributed by atoms with E-state index in [1.54, 1.807) is 0 Å². The van der Waals surface area contributed by atoms with Gasteiger partial charge in [-0.2, -0.15) is 0 Å². The van der Waals surface area contributed by atoms with E-state index in [9.17, 15) is 9.90 Å². The lowest BCUT2D eigenvalue weighted by Gasteiger charge is -2.04. The fourth-order valence-corrected chi connectivity index (χ4v) is 2.46. The minimum absolute atomic E-state index is 0.268. The maximum Gasteiger partial charge on any atom is 0.303 e. The molecule has 1 aromatic carbocycles. The number of aryl methyl sites for hydroxylation is 1. The van der Waals surface area contributed by atoms with Crippen LogP contribution < -0.4 is 0 Å². The Bertz CT molecular complexity index is 574. The van der Waals surface area contributed by atoms with Crippen molar-refractivity contribution in [2.75, 3.05) is 0 Å². The molecule has 4 heteroatoms. The number of hydrogen-bond donors (Lipinski definition) is 2.